The molecule has 2 saturated heterocycles. The molecular formula is C25H35N3O3+2. The van der Waals surface area contributed by atoms with Gasteiger partial charge in [-0.25, -0.2) is 4.90 Å². The molecule has 2 amide bonds. The van der Waals surface area contributed by atoms with Gasteiger partial charge in [0.15, 0.2) is 6.04 Å². The fourth-order valence-corrected chi connectivity index (χ4v) is 8.25. The molecule has 166 valence electrons. The molecule has 6 fully saturated rings. The van der Waals surface area contributed by atoms with Crippen LogP contribution in [0.5, 0.6) is 5.75 Å². The van der Waals surface area contributed by atoms with Crippen LogP contribution < -0.4 is 19.4 Å². The summed E-state index contributed by atoms with van der Waals surface area (Å²) < 4.78 is 5.20. The van der Waals surface area contributed by atoms with E-state index in [9.17, 15) is 9.59 Å². The van der Waals surface area contributed by atoms with Gasteiger partial charge in [-0.2, -0.15) is 0 Å². The van der Waals surface area contributed by atoms with Gasteiger partial charge in [-0.1, -0.05) is 0 Å². The summed E-state index contributed by atoms with van der Waals surface area (Å²) in [4.78, 5) is 30.5. The minimum atomic E-state index is -0.215. The molecule has 1 aromatic carbocycles. The van der Waals surface area contributed by atoms with Gasteiger partial charge in [0, 0.05) is 19.3 Å². The van der Waals surface area contributed by atoms with Crippen LogP contribution in [0, 0.1) is 17.8 Å². The number of ether oxygens (including phenoxy) is 1. The number of anilines is 1. The summed E-state index contributed by atoms with van der Waals surface area (Å²) in [6, 6.07) is 7.02. The second-order valence-corrected chi connectivity index (χ2v) is 11.0. The van der Waals surface area contributed by atoms with E-state index in [1.807, 2.05) is 29.2 Å². The fraction of sp³-hybridized carbons (Fsp3) is 0.680. The van der Waals surface area contributed by atoms with Gasteiger partial charge >= 0.3 is 0 Å². The number of benzene rings is 1. The first kappa shape index (κ1) is 19.7. The molecule has 4 saturated carbocycles. The van der Waals surface area contributed by atoms with Crippen molar-refractivity contribution in [2.45, 2.75) is 56.5 Å². The zero-order valence-corrected chi connectivity index (χ0v) is 18.6. The lowest BCUT2D eigenvalue weighted by Crippen LogP contribution is -3.33. The second-order valence-electron chi connectivity index (χ2n) is 11.0. The monoisotopic (exact) mass is 425 g/mol. The predicted molar refractivity (Wildman–Crippen MR) is 116 cm³/mol. The van der Waals surface area contributed by atoms with E-state index in [2.05, 4.69) is 0 Å². The highest BCUT2D eigenvalue weighted by molar-refractivity contribution is 6.21. The number of piperazine rings is 1. The molecule has 6 heteroatoms. The van der Waals surface area contributed by atoms with Gasteiger partial charge < -0.3 is 14.5 Å². The van der Waals surface area contributed by atoms with Gasteiger partial charge in [0.25, 0.3) is 5.91 Å². The zero-order chi connectivity index (χ0) is 21.2. The van der Waals surface area contributed by atoms with Gasteiger partial charge in [-0.05, 0) is 61.3 Å². The van der Waals surface area contributed by atoms with Crippen molar-refractivity contribution in [2.75, 3.05) is 38.2 Å². The van der Waals surface area contributed by atoms with Crippen LogP contribution in [0.15, 0.2) is 24.3 Å². The summed E-state index contributed by atoms with van der Waals surface area (Å²) in [6.45, 7) is 4.33. The van der Waals surface area contributed by atoms with Crippen molar-refractivity contribution < 1.29 is 24.1 Å². The quantitative estimate of drug-likeness (QED) is 0.672. The summed E-state index contributed by atoms with van der Waals surface area (Å²) >= 11 is 0. The van der Waals surface area contributed by atoms with E-state index in [0.717, 1.165) is 49.7 Å². The third-order valence-electron chi connectivity index (χ3n) is 9.25. The molecule has 0 spiro atoms. The molecule has 1 atom stereocenters. The molecule has 1 aromatic rings. The lowest BCUT2D eigenvalue weighted by Gasteiger charge is -2.58. The number of imide groups is 1. The molecule has 31 heavy (non-hydrogen) atoms. The number of quaternary nitrogens is 2. The molecule has 7 rings (SSSR count). The number of hydrogen-bond acceptors (Lipinski definition) is 3. The average molecular weight is 426 g/mol. The van der Waals surface area contributed by atoms with Gasteiger partial charge in [0.2, 0.25) is 5.91 Å². The van der Waals surface area contributed by atoms with Crippen LogP contribution in [0.25, 0.3) is 0 Å². The maximum Gasteiger partial charge on any atom is 0.292 e. The highest BCUT2D eigenvalue weighted by atomic mass is 16.5. The normalized spacial score (nSPS) is 41.8. The molecule has 2 N–H and O–H groups in total. The number of hydrogen-bond donors (Lipinski definition) is 2. The van der Waals surface area contributed by atoms with E-state index < -0.39 is 0 Å². The minimum Gasteiger partial charge on any atom is -0.497 e. The van der Waals surface area contributed by atoms with E-state index >= 15 is 0 Å². The maximum atomic E-state index is 13.2. The van der Waals surface area contributed by atoms with Crippen molar-refractivity contribution >= 4 is 17.5 Å². The highest BCUT2D eigenvalue weighted by Gasteiger charge is 2.57. The van der Waals surface area contributed by atoms with Crippen LogP contribution in [0.1, 0.15) is 44.9 Å². The minimum absolute atomic E-state index is 0.0246. The Morgan fingerprint density at radius 2 is 1.48 bits per heavy atom. The van der Waals surface area contributed by atoms with E-state index in [-0.39, 0.29) is 17.9 Å². The van der Waals surface area contributed by atoms with E-state index in [0.29, 0.717) is 17.6 Å². The molecule has 0 radical (unpaired) electrons. The molecule has 0 unspecified atom stereocenters. The summed E-state index contributed by atoms with van der Waals surface area (Å²) in [5.41, 5.74) is 1.20. The van der Waals surface area contributed by atoms with Crippen molar-refractivity contribution in [3.63, 3.8) is 0 Å². The molecular weight excluding hydrogens is 390 g/mol. The van der Waals surface area contributed by atoms with Crippen molar-refractivity contribution in [2.24, 2.45) is 17.8 Å². The summed E-state index contributed by atoms with van der Waals surface area (Å²) in [6.07, 6.45) is 9.13. The van der Waals surface area contributed by atoms with Crippen molar-refractivity contribution in [3.8, 4) is 5.75 Å². The van der Waals surface area contributed by atoms with E-state index in [1.54, 1.807) is 7.11 Å². The summed E-state index contributed by atoms with van der Waals surface area (Å²) in [5, 5.41) is 0. The molecule has 4 aliphatic carbocycles. The zero-order valence-electron chi connectivity index (χ0n) is 18.6. The Bertz CT molecular complexity index is 839. The van der Waals surface area contributed by atoms with Crippen molar-refractivity contribution in [3.05, 3.63) is 24.3 Å². The first-order valence-electron chi connectivity index (χ1n) is 12.3. The topological polar surface area (TPSA) is 55.5 Å². The Morgan fingerprint density at radius 1 is 0.903 bits per heavy atom. The van der Waals surface area contributed by atoms with Crippen LogP contribution in [0.2, 0.25) is 0 Å². The SMILES string of the molecule is COc1ccc(N2C(=O)C[C@H]([NH+]3CC[NH+](C45CC6CC(CC(C6)C4)C5)CC3)C2=O)cc1. The lowest BCUT2D eigenvalue weighted by atomic mass is 9.52. The van der Waals surface area contributed by atoms with Crippen LogP contribution in [-0.4, -0.2) is 56.7 Å². The Morgan fingerprint density at radius 3 is 2.03 bits per heavy atom. The van der Waals surface area contributed by atoms with Crippen LogP contribution in [0.3, 0.4) is 0 Å². The summed E-state index contributed by atoms with van der Waals surface area (Å²) in [7, 11) is 1.62. The number of nitrogens with one attached hydrogen (secondary N) is 2. The molecule has 6 aliphatic rings. The molecule has 4 bridgehead atoms. The Kier molecular flexibility index (Phi) is 4.65. The van der Waals surface area contributed by atoms with Crippen LogP contribution in [0.4, 0.5) is 5.69 Å². The largest absolute Gasteiger partial charge is 0.497 e. The van der Waals surface area contributed by atoms with Gasteiger partial charge in [-0.15, -0.1) is 0 Å². The van der Waals surface area contributed by atoms with E-state index in [4.69, 9.17) is 4.74 Å². The van der Waals surface area contributed by atoms with Gasteiger partial charge in [0.05, 0.1) is 24.8 Å². The number of carbonyl (C=O) groups is 2. The number of carbonyl (C=O) groups excluding carboxylic acids is 2. The van der Waals surface area contributed by atoms with E-state index in [1.165, 1.54) is 48.3 Å². The molecule has 2 aliphatic heterocycles. The highest BCUT2D eigenvalue weighted by Crippen LogP contribution is 2.54. The summed E-state index contributed by atoms with van der Waals surface area (Å²) in [5.74, 6) is 3.59. The third-order valence-corrected chi connectivity index (χ3v) is 9.25. The van der Waals surface area contributed by atoms with Crippen molar-refractivity contribution in [1.82, 2.24) is 0 Å². The first-order chi connectivity index (χ1) is 15.0. The third kappa shape index (κ3) is 3.21. The molecule has 0 aromatic heterocycles. The standard InChI is InChI=1S/C25H33N3O3/c1-31-21-4-2-20(3-5-21)28-23(29)13-22(24(28)30)26-6-8-27(9-7-26)25-14-17-10-18(15-25)12-19(11-17)16-25/h2-5,17-19,22H,6-16H2,1H3/p+2/t17?,18?,19?,22-,25?/m0/s1. The van der Waals surface area contributed by atoms with Gasteiger partial charge in [-0.3, -0.25) is 9.59 Å². The number of amides is 2. The lowest BCUT2D eigenvalue weighted by molar-refractivity contribution is -1.05. The first-order valence-corrected chi connectivity index (χ1v) is 12.3. The molecule has 2 heterocycles. The van der Waals surface area contributed by atoms with Crippen LogP contribution >= 0.6 is 0 Å². The fourth-order valence-electron chi connectivity index (χ4n) is 8.25. The maximum absolute atomic E-state index is 13.2. The van der Waals surface area contributed by atoms with Gasteiger partial charge in [0.1, 0.15) is 31.9 Å². The number of rotatable bonds is 4. The second kappa shape index (κ2) is 7.31. The number of nitrogens with zero attached hydrogens (tertiary/aromatic N) is 1. The smallest absolute Gasteiger partial charge is 0.292 e. The Hall–Kier alpha value is -1.92. The number of methoxy groups -OCH3 is 1. The predicted octanol–water partition coefficient (Wildman–Crippen LogP) is 0.0793. The average Bonchev–Trinajstić information content (AvgIpc) is 3.07. The van der Waals surface area contributed by atoms with Crippen molar-refractivity contribution in [1.29, 1.82) is 0 Å². The molecule has 6 nitrogen and oxygen atoms in total. The van der Waals surface area contributed by atoms with Crippen LogP contribution in [-0.2, 0) is 9.59 Å². The Labute approximate surface area is 184 Å². The Balaban J connectivity index is 1.12.